The molecule has 0 aliphatic heterocycles. The molecule has 0 spiro atoms. The van der Waals surface area contributed by atoms with Crippen molar-refractivity contribution in [2.75, 3.05) is 19.3 Å². The smallest absolute Gasteiger partial charge is 0.191 e. The number of nitrogens with zero attached hydrogens (tertiary/aromatic N) is 1. The summed E-state index contributed by atoms with van der Waals surface area (Å²) in [5.41, 5.74) is 1.87. The van der Waals surface area contributed by atoms with Crippen LogP contribution in [0.3, 0.4) is 0 Å². The van der Waals surface area contributed by atoms with Crippen molar-refractivity contribution in [1.82, 2.24) is 10.6 Å². The van der Waals surface area contributed by atoms with Crippen LogP contribution in [0.25, 0.3) is 0 Å². The summed E-state index contributed by atoms with van der Waals surface area (Å²) in [6, 6.07) is 7.60. The van der Waals surface area contributed by atoms with E-state index in [2.05, 4.69) is 36.4 Å². The Labute approximate surface area is 176 Å². The van der Waals surface area contributed by atoms with Crippen LogP contribution in [0.5, 0.6) is 0 Å². The van der Waals surface area contributed by atoms with Gasteiger partial charge in [0.2, 0.25) is 0 Å². The molecule has 7 heteroatoms. The monoisotopic (exact) mass is 495 g/mol. The number of nitrogens with one attached hydrogen (secondary N) is 2. The third kappa shape index (κ3) is 12.5. The van der Waals surface area contributed by atoms with E-state index in [0.717, 1.165) is 42.5 Å². The second-order valence-electron chi connectivity index (χ2n) is 6.90. The van der Waals surface area contributed by atoms with Gasteiger partial charge in [0.05, 0.1) is 12.3 Å². The fourth-order valence-corrected chi connectivity index (χ4v) is 3.24. The van der Waals surface area contributed by atoms with Gasteiger partial charge in [0.15, 0.2) is 15.8 Å². The van der Waals surface area contributed by atoms with E-state index in [1.54, 1.807) is 0 Å². The fourth-order valence-electron chi connectivity index (χ4n) is 2.44. The van der Waals surface area contributed by atoms with Gasteiger partial charge in [-0.15, -0.1) is 24.0 Å². The molecule has 150 valence electrons. The molecular formula is C19H34IN3O2S. The highest BCUT2D eigenvalue weighted by atomic mass is 127. The number of aliphatic imine (C=N–C) groups is 1. The van der Waals surface area contributed by atoms with Gasteiger partial charge in [-0.05, 0) is 30.4 Å². The molecule has 0 atom stereocenters. The van der Waals surface area contributed by atoms with Crippen LogP contribution >= 0.6 is 24.0 Å². The maximum absolute atomic E-state index is 11.3. The topological polar surface area (TPSA) is 70.6 Å². The zero-order valence-corrected chi connectivity index (χ0v) is 19.6. The lowest BCUT2D eigenvalue weighted by atomic mass is 10.1. The Morgan fingerprint density at radius 1 is 1.08 bits per heavy atom. The van der Waals surface area contributed by atoms with Gasteiger partial charge in [-0.2, -0.15) is 0 Å². The van der Waals surface area contributed by atoms with Crippen LogP contribution in [0.4, 0.5) is 0 Å². The molecule has 0 aliphatic rings. The molecule has 0 aromatic heterocycles. The second-order valence-corrected chi connectivity index (χ2v) is 9.04. The molecule has 0 saturated carbocycles. The Morgan fingerprint density at radius 3 is 2.23 bits per heavy atom. The van der Waals surface area contributed by atoms with Crippen molar-refractivity contribution in [2.45, 2.75) is 52.3 Å². The fraction of sp³-hybridized carbons (Fsp3) is 0.632. The normalized spacial score (nSPS) is 12.0. The number of hydrogen-bond donors (Lipinski definition) is 2. The third-order valence-electron chi connectivity index (χ3n) is 3.72. The van der Waals surface area contributed by atoms with Crippen molar-refractivity contribution in [3.05, 3.63) is 35.4 Å². The van der Waals surface area contributed by atoms with Crippen LogP contribution < -0.4 is 10.6 Å². The molecule has 0 bridgehead atoms. The first-order valence-electron chi connectivity index (χ1n) is 9.08. The molecule has 1 rings (SSSR count). The van der Waals surface area contributed by atoms with Gasteiger partial charge in [0, 0.05) is 19.3 Å². The molecule has 26 heavy (non-hydrogen) atoms. The average Bonchev–Trinajstić information content (AvgIpc) is 2.51. The summed E-state index contributed by atoms with van der Waals surface area (Å²) in [4.78, 5) is 4.60. The van der Waals surface area contributed by atoms with Gasteiger partial charge >= 0.3 is 0 Å². The van der Waals surface area contributed by atoms with Gasteiger partial charge < -0.3 is 10.6 Å². The molecule has 0 amide bonds. The van der Waals surface area contributed by atoms with E-state index in [1.165, 1.54) is 19.1 Å². The van der Waals surface area contributed by atoms with Crippen LogP contribution in [0.1, 0.15) is 51.2 Å². The summed E-state index contributed by atoms with van der Waals surface area (Å²) in [5.74, 6) is 1.66. The molecule has 5 nitrogen and oxygen atoms in total. The minimum Gasteiger partial charge on any atom is -0.357 e. The van der Waals surface area contributed by atoms with Gasteiger partial charge in [0.25, 0.3) is 0 Å². The van der Waals surface area contributed by atoms with Crippen LogP contribution in [0.15, 0.2) is 29.3 Å². The Bertz CT molecular complexity index is 629. The van der Waals surface area contributed by atoms with Gasteiger partial charge in [-0.25, -0.2) is 13.4 Å². The van der Waals surface area contributed by atoms with Crippen LogP contribution in [-0.2, 0) is 22.1 Å². The van der Waals surface area contributed by atoms with Crippen LogP contribution in [-0.4, -0.2) is 33.7 Å². The quantitative estimate of drug-likeness (QED) is 0.225. The van der Waals surface area contributed by atoms with E-state index in [4.69, 9.17) is 0 Å². The Hall–Kier alpha value is -0.830. The predicted molar refractivity (Wildman–Crippen MR) is 122 cm³/mol. The molecule has 1 aromatic carbocycles. The molecule has 0 saturated heterocycles. The predicted octanol–water partition coefficient (Wildman–Crippen LogP) is 3.73. The summed E-state index contributed by atoms with van der Waals surface area (Å²) in [6.07, 6.45) is 4.88. The lowest BCUT2D eigenvalue weighted by Crippen LogP contribution is -2.37. The summed E-state index contributed by atoms with van der Waals surface area (Å²) in [6.45, 7) is 8.87. The Morgan fingerprint density at radius 2 is 1.69 bits per heavy atom. The average molecular weight is 495 g/mol. The maximum Gasteiger partial charge on any atom is 0.191 e. The number of guanidine groups is 1. The number of rotatable bonds is 10. The minimum atomic E-state index is -2.99. The third-order valence-corrected chi connectivity index (χ3v) is 4.57. The van der Waals surface area contributed by atoms with Crippen molar-refractivity contribution < 1.29 is 8.42 Å². The highest BCUT2D eigenvalue weighted by Crippen LogP contribution is 2.09. The van der Waals surface area contributed by atoms with E-state index >= 15 is 0 Å². The van der Waals surface area contributed by atoms with Crippen LogP contribution in [0.2, 0.25) is 0 Å². The zero-order valence-electron chi connectivity index (χ0n) is 16.4. The largest absolute Gasteiger partial charge is 0.357 e. The van der Waals surface area contributed by atoms with Gasteiger partial charge in [-0.1, -0.05) is 51.0 Å². The summed E-state index contributed by atoms with van der Waals surface area (Å²) >= 11 is 0. The summed E-state index contributed by atoms with van der Waals surface area (Å²) in [5, 5.41) is 6.62. The van der Waals surface area contributed by atoms with Crippen molar-refractivity contribution in [1.29, 1.82) is 0 Å². The number of unbranched alkanes of at least 4 members (excludes halogenated alkanes) is 1. The molecule has 2 N–H and O–H groups in total. The zero-order chi connectivity index (χ0) is 18.7. The molecule has 0 fully saturated rings. The Kier molecular flexibility index (Phi) is 12.9. The first kappa shape index (κ1) is 25.2. The minimum absolute atomic E-state index is 0. The van der Waals surface area contributed by atoms with E-state index in [1.807, 2.05) is 24.3 Å². The van der Waals surface area contributed by atoms with E-state index in [9.17, 15) is 8.42 Å². The van der Waals surface area contributed by atoms with E-state index in [0.29, 0.717) is 6.54 Å². The Balaban J connectivity index is 0.00000625. The van der Waals surface area contributed by atoms with Gasteiger partial charge in [-0.3, -0.25) is 0 Å². The van der Waals surface area contributed by atoms with Crippen LogP contribution in [0, 0.1) is 5.92 Å². The standard InChI is InChI=1S/C19H33N3O2S.HI/c1-5-20-19(21-13-7-6-8-16(2)3)22-14-17-9-11-18(12-10-17)15-25(4,23)24;/h9-12,16H,5-8,13-15H2,1-4H3,(H2,20,21,22);1H. The highest BCUT2D eigenvalue weighted by molar-refractivity contribution is 14.0. The number of halogens is 1. The second kappa shape index (κ2) is 13.4. The van der Waals surface area contributed by atoms with E-state index in [-0.39, 0.29) is 29.7 Å². The molecular weight excluding hydrogens is 461 g/mol. The molecule has 1 aromatic rings. The number of hydrogen-bond acceptors (Lipinski definition) is 3. The van der Waals surface area contributed by atoms with Crippen molar-refractivity contribution >= 4 is 39.8 Å². The molecule has 0 aliphatic carbocycles. The maximum atomic E-state index is 11.3. The summed E-state index contributed by atoms with van der Waals surface area (Å²) in [7, 11) is -2.99. The lowest BCUT2D eigenvalue weighted by molar-refractivity contribution is 0.534. The molecule has 0 heterocycles. The van der Waals surface area contributed by atoms with Crippen molar-refractivity contribution in [3.63, 3.8) is 0 Å². The SMILES string of the molecule is CCNC(=NCc1ccc(CS(C)(=O)=O)cc1)NCCCCC(C)C.I. The summed E-state index contributed by atoms with van der Waals surface area (Å²) < 4.78 is 22.6. The highest BCUT2D eigenvalue weighted by Gasteiger charge is 2.04. The van der Waals surface area contributed by atoms with E-state index < -0.39 is 9.84 Å². The van der Waals surface area contributed by atoms with Gasteiger partial charge in [0.1, 0.15) is 0 Å². The number of sulfone groups is 1. The first-order valence-corrected chi connectivity index (χ1v) is 11.1. The van der Waals surface area contributed by atoms with Crippen molar-refractivity contribution in [3.8, 4) is 0 Å². The molecule has 0 radical (unpaired) electrons. The lowest BCUT2D eigenvalue weighted by Gasteiger charge is -2.12. The number of benzene rings is 1. The first-order chi connectivity index (χ1) is 11.8. The van der Waals surface area contributed by atoms with Crippen molar-refractivity contribution in [2.24, 2.45) is 10.9 Å². The molecule has 0 unspecified atom stereocenters.